The molecule has 0 heterocycles. The molecule has 0 saturated heterocycles. The van der Waals surface area contributed by atoms with Crippen LogP contribution in [0.15, 0.2) is 18.2 Å². The normalized spacial score (nSPS) is 15.8. The third-order valence-corrected chi connectivity index (χ3v) is 6.70. The van der Waals surface area contributed by atoms with Gasteiger partial charge in [0.25, 0.3) is 0 Å². The second-order valence-corrected chi connectivity index (χ2v) is 9.29. The minimum atomic E-state index is -5.75. The summed E-state index contributed by atoms with van der Waals surface area (Å²) >= 11 is 5.75. The minimum Gasteiger partial charge on any atom is -0.496 e. The first-order chi connectivity index (χ1) is 11.7. The maximum atomic E-state index is 12.1. The molecule has 0 aliphatic carbocycles. The van der Waals surface area contributed by atoms with E-state index in [4.69, 9.17) is 21.4 Å². The fourth-order valence-corrected chi connectivity index (χ4v) is 4.62. The van der Waals surface area contributed by atoms with Crippen molar-refractivity contribution in [1.29, 1.82) is 0 Å². The van der Waals surface area contributed by atoms with E-state index in [-0.39, 0.29) is 10.8 Å². The van der Waals surface area contributed by atoms with Crippen molar-refractivity contribution in [3.05, 3.63) is 28.8 Å². The fourth-order valence-electron chi connectivity index (χ4n) is 2.35. The molecule has 1 aromatic rings. The van der Waals surface area contributed by atoms with E-state index in [0.717, 1.165) is 19.2 Å². The zero-order valence-corrected chi connectivity index (χ0v) is 15.6. The number of methoxy groups -OCH3 is 1. The van der Waals surface area contributed by atoms with Crippen LogP contribution < -0.4 is 4.74 Å². The van der Waals surface area contributed by atoms with Gasteiger partial charge in [0.2, 0.25) is 0 Å². The van der Waals surface area contributed by atoms with Crippen LogP contribution in [0.5, 0.6) is 5.75 Å². The number of halogens is 1. The summed E-state index contributed by atoms with van der Waals surface area (Å²) in [6, 6.07) is 3.12. The summed E-state index contributed by atoms with van der Waals surface area (Å²) in [5, 5.41) is 15.1. The molecule has 11 nitrogen and oxygen atoms in total. The second kappa shape index (κ2) is 7.66. The molecule has 146 valence electrons. The van der Waals surface area contributed by atoms with Crippen molar-refractivity contribution in [2.45, 2.75) is 17.2 Å². The van der Waals surface area contributed by atoms with E-state index >= 15 is 0 Å². The summed E-state index contributed by atoms with van der Waals surface area (Å²) in [6.07, 6.45) is -1.61. The Morgan fingerprint density at radius 3 is 2.08 bits per heavy atom. The van der Waals surface area contributed by atoms with Gasteiger partial charge in [0.05, 0.1) is 7.11 Å². The van der Waals surface area contributed by atoms with E-state index in [1.54, 1.807) is 0 Å². The van der Waals surface area contributed by atoms with Crippen LogP contribution in [0.25, 0.3) is 0 Å². The SMILES string of the molecule is COc1ccc(Cl)cc1C(CC(C(=O)O)P(=O)(O)O)(C(=O)O)P(=O)(O)O. The van der Waals surface area contributed by atoms with Gasteiger partial charge in [-0.2, -0.15) is 0 Å². The minimum absolute atomic E-state index is 0.164. The van der Waals surface area contributed by atoms with Gasteiger partial charge in [0.1, 0.15) is 5.75 Å². The number of benzene rings is 1. The molecular formula is C12H15ClO11P2. The van der Waals surface area contributed by atoms with Crippen LogP contribution in [-0.4, -0.2) is 54.5 Å². The summed E-state index contributed by atoms with van der Waals surface area (Å²) in [4.78, 5) is 61.0. The molecule has 0 aromatic heterocycles. The Labute approximate surface area is 151 Å². The predicted octanol–water partition coefficient (Wildman–Crippen LogP) is 0.827. The molecule has 26 heavy (non-hydrogen) atoms. The first-order valence-corrected chi connectivity index (χ1v) is 10.3. The van der Waals surface area contributed by atoms with Crippen molar-refractivity contribution >= 4 is 38.7 Å². The van der Waals surface area contributed by atoms with Gasteiger partial charge in [0, 0.05) is 17.0 Å². The molecular weight excluding hydrogens is 418 g/mol. The highest BCUT2D eigenvalue weighted by atomic mass is 35.5. The quantitative estimate of drug-likeness (QED) is 0.318. The molecule has 0 saturated carbocycles. The molecule has 14 heteroatoms. The smallest absolute Gasteiger partial charge is 0.347 e. The van der Waals surface area contributed by atoms with Crippen LogP contribution >= 0.6 is 26.8 Å². The lowest BCUT2D eigenvalue weighted by Crippen LogP contribution is -2.41. The number of ether oxygens (including phenoxy) is 1. The molecule has 0 radical (unpaired) electrons. The van der Waals surface area contributed by atoms with Crippen LogP contribution in [0.4, 0.5) is 0 Å². The first kappa shape index (κ1) is 22.6. The summed E-state index contributed by atoms with van der Waals surface area (Å²) in [7, 11) is -10.2. The van der Waals surface area contributed by atoms with Gasteiger partial charge < -0.3 is 34.5 Å². The predicted molar refractivity (Wildman–Crippen MR) is 87.4 cm³/mol. The Kier molecular flexibility index (Phi) is 6.65. The Balaban J connectivity index is 3.90. The maximum absolute atomic E-state index is 12.1. The van der Waals surface area contributed by atoms with Gasteiger partial charge in [0.15, 0.2) is 10.8 Å². The molecule has 1 aromatic carbocycles. The van der Waals surface area contributed by atoms with E-state index < -0.39 is 49.9 Å². The average molecular weight is 433 g/mol. The highest BCUT2D eigenvalue weighted by Gasteiger charge is 2.60. The van der Waals surface area contributed by atoms with Gasteiger partial charge in [-0.25, -0.2) is 0 Å². The molecule has 2 atom stereocenters. The van der Waals surface area contributed by atoms with E-state index in [1.807, 2.05) is 0 Å². The number of rotatable bonds is 8. The summed E-state index contributed by atoms with van der Waals surface area (Å²) in [6.45, 7) is 0. The van der Waals surface area contributed by atoms with Crippen molar-refractivity contribution in [2.75, 3.05) is 7.11 Å². The van der Waals surface area contributed by atoms with Crippen molar-refractivity contribution in [3.8, 4) is 5.75 Å². The second-order valence-electron chi connectivity index (χ2n) is 5.20. The lowest BCUT2D eigenvalue weighted by atomic mass is 9.91. The number of carboxylic acids is 2. The zero-order chi connectivity index (χ0) is 20.5. The van der Waals surface area contributed by atoms with Crippen LogP contribution in [0.1, 0.15) is 12.0 Å². The summed E-state index contributed by atoms with van der Waals surface area (Å²) in [5.74, 6) is -4.69. The van der Waals surface area contributed by atoms with Gasteiger partial charge >= 0.3 is 27.1 Å². The molecule has 1 rings (SSSR count). The molecule has 0 aliphatic rings. The molecule has 0 fully saturated rings. The van der Waals surface area contributed by atoms with Crippen molar-refractivity contribution in [2.24, 2.45) is 0 Å². The Bertz CT molecular complexity index is 813. The molecule has 2 unspecified atom stereocenters. The lowest BCUT2D eigenvalue weighted by Gasteiger charge is -2.33. The standard InChI is InChI=1S/C12H15ClO11P2/c1-24-8-3-2-6(13)4-7(8)12(11(16)17,26(21,22)23)5-9(10(14)15)25(18,19)20/h2-4,9H,5H2,1H3,(H,14,15)(H,16,17)(H2,18,19,20)(H2,21,22,23). The maximum Gasteiger partial charge on any atom is 0.347 e. The topological polar surface area (TPSA) is 199 Å². The van der Waals surface area contributed by atoms with Crippen LogP contribution in [0.2, 0.25) is 5.02 Å². The Morgan fingerprint density at radius 1 is 1.19 bits per heavy atom. The first-order valence-electron chi connectivity index (χ1n) is 6.59. The number of hydrogen-bond acceptors (Lipinski definition) is 5. The van der Waals surface area contributed by atoms with Gasteiger partial charge in [-0.3, -0.25) is 18.7 Å². The zero-order valence-electron chi connectivity index (χ0n) is 13.0. The lowest BCUT2D eigenvalue weighted by molar-refractivity contribution is -0.142. The van der Waals surface area contributed by atoms with Gasteiger partial charge in [-0.05, 0) is 18.2 Å². The highest BCUT2D eigenvalue weighted by molar-refractivity contribution is 7.55. The van der Waals surface area contributed by atoms with Crippen LogP contribution in [0, 0.1) is 0 Å². The fraction of sp³-hybridized carbons (Fsp3) is 0.333. The van der Waals surface area contributed by atoms with Gasteiger partial charge in [-0.15, -0.1) is 0 Å². The van der Waals surface area contributed by atoms with Gasteiger partial charge in [-0.1, -0.05) is 11.6 Å². The summed E-state index contributed by atoms with van der Waals surface area (Å²) < 4.78 is 28.5. The number of aliphatic carboxylic acids is 2. The number of carbonyl (C=O) groups is 2. The third kappa shape index (κ3) is 4.27. The van der Waals surface area contributed by atoms with Crippen molar-refractivity contribution in [1.82, 2.24) is 0 Å². The summed E-state index contributed by atoms with van der Waals surface area (Å²) in [5.41, 5.74) is -3.41. The monoisotopic (exact) mass is 432 g/mol. The number of hydrogen-bond donors (Lipinski definition) is 6. The van der Waals surface area contributed by atoms with Crippen LogP contribution in [0.3, 0.4) is 0 Å². The van der Waals surface area contributed by atoms with E-state index in [1.165, 1.54) is 6.07 Å². The molecule has 0 aliphatic heterocycles. The van der Waals surface area contributed by atoms with Crippen LogP contribution in [-0.2, 0) is 23.9 Å². The Morgan fingerprint density at radius 2 is 1.73 bits per heavy atom. The van der Waals surface area contributed by atoms with E-state index in [9.17, 15) is 43.4 Å². The van der Waals surface area contributed by atoms with E-state index in [2.05, 4.69) is 0 Å². The highest BCUT2D eigenvalue weighted by Crippen LogP contribution is 2.64. The molecule has 6 N–H and O–H groups in total. The molecule has 0 bridgehead atoms. The molecule has 0 amide bonds. The van der Waals surface area contributed by atoms with Crippen molar-refractivity contribution < 1.29 is 53.2 Å². The van der Waals surface area contributed by atoms with E-state index in [0.29, 0.717) is 0 Å². The average Bonchev–Trinajstić information content (AvgIpc) is 2.44. The Hall–Kier alpha value is -1.45. The van der Waals surface area contributed by atoms with Crippen molar-refractivity contribution in [3.63, 3.8) is 0 Å². The number of carboxylic acid groups (broad SMARTS) is 2. The molecule has 0 spiro atoms. The third-order valence-electron chi connectivity index (χ3n) is 3.64. The largest absolute Gasteiger partial charge is 0.496 e.